The highest BCUT2D eigenvalue weighted by molar-refractivity contribution is 5.07. The van der Waals surface area contributed by atoms with Crippen molar-refractivity contribution in [2.45, 2.75) is 13.0 Å². The highest BCUT2D eigenvalue weighted by atomic mass is 15.3. The minimum Gasteiger partial charge on any atom is -0.239 e. The normalized spacial score (nSPS) is 32.7. The Balaban J connectivity index is 2.73. The summed E-state index contributed by atoms with van der Waals surface area (Å²) < 4.78 is 0.875. The summed E-state index contributed by atoms with van der Waals surface area (Å²) in [6, 6.07) is 3.58. The van der Waals surface area contributed by atoms with Crippen LogP contribution in [0.5, 0.6) is 0 Å². The molecule has 0 aliphatic carbocycles. The molecule has 0 amide bonds. The molecule has 0 saturated heterocycles. The van der Waals surface area contributed by atoms with E-state index in [9.17, 15) is 0 Å². The van der Waals surface area contributed by atoms with Gasteiger partial charge in [-0.05, 0) is 0 Å². The standard InChI is InChI=1S/C6H10N/c1-6-4-5-7(6,2)3/h6H,1-3H3/q+1. The molecule has 0 N–H and O–H groups in total. The smallest absolute Gasteiger partial charge is 0.165 e. The van der Waals surface area contributed by atoms with Crippen LogP contribution in [0.25, 0.3) is 0 Å². The predicted octanol–water partition coefficient (Wildman–Crippen LogP) is 0.426. The molecule has 1 nitrogen and oxygen atoms in total. The third-order valence-corrected chi connectivity index (χ3v) is 1.53. The van der Waals surface area contributed by atoms with Crippen molar-refractivity contribution in [1.29, 1.82) is 0 Å². The number of nitrogens with zero attached hydrogens (tertiary/aromatic N) is 1. The van der Waals surface area contributed by atoms with Gasteiger partial charge in [-0.3, -0.25) is 0 Å². The first-order valence-electron chi connectivity index (χ1n) is 2.49. The first kappa shape index (κ1) is 4.67. The van der Waals surface area contributed by atoms with Crippen molar-refractivity contribution in [1.82, 2.24) is 0 Å². The van der Waals surface area contributed by atoms with Gasteiger partial charge in [-0.1, -0.05) is 0 Å². The topological polar surface area (TPSA) is 0 Å². The highest BCUT2D eigenvalue weighted by Gasteiger charge is 2.27. The minimum atomic E-state index is 0.556. The molecule has 0 fully saturated rings. The van der Waals surface area contributed by atoms with Crippen molar-refractivity contribution in [2.75, 3.05) is 14.1 Å². The summed E-state index contributed by atoms with van der Waals surface area (Å²) in [6.45, 7) is 2.14. The molecule has 0 aromatic heterocycles. The second kappa shape index (κ2) is 1.02. The number of hydrogen-bond acceptors (Lipinski definition) is 0. The molecular weight excluding hydrogens is 86.1 g/mol. The summed E-state index contributed by atoms with van der Waals surface area (Å²) in [7, 11) is 4.22. The molecule has 0 radical (unpaired) electrons. The fourth-order valence-corrected chi connectivity index (χ4v) is 0.452. The van der Waals surface area contributed by atoms with Crippen LogP contribution in [-0.2, 0) is 0 Å². The van der Waals surface area contributed by atoms with E-state index in [1.165, 1.54) is 0 Å². The second-order valence-corrected chi connectivity index (χ2v) is 2.47. The van der Waals surface area contributed by atoms with Crippen LogP contribution in [0.2, 0.25) is 0 Å². The van der Waals surface area contributed by atoms with Crippen molar-refractivity contribution in [3.05, 3.63) is 0 Å². The molecule has 1 rings (SSSR count). The Morgan fingerprint density at radius 3 is 1.86 bits per heavy atom. The van der Waals surface area contributed by atoms with Crippen molar-refractivity contribution < 1.29 is 4.48 Å². The molecule has 0 bridgehead atoms. The Hall–Kier alpha value is -0.480. The summed E-state index contributed by atoms with van der Waals surface area (Å²) in [5.41, 5.74) is 0. The Morgan fingerprint density at radius 2 is 1.86 bits per heavy atom. The van der Waals surface area contributed by atoms with Gasteiger partial charge in [0.1, 0.15) is 6.04 Å². The van der Waals surface area contributed by atoms with Gasteiger partial charge in [0.15, 0.2) is 6.04 Å². The zero-order chi connectivity index (χ0) is 5.49. The molecule has 1 atom stereocenters. The van der Waals surface area contributed by atoms with Crippen LogP contribution in [0.1, 0.15) is 6.92 Å². The lowest BCUT2D eigenvalue weighted by atomic mass is 10.2. The van der Waals surface area contributed by atoms with Crippen molar-refractivity contribution in [3.8, 4) is 12.0 Å². The van der Waals surface area contributed by atoms with Gasteiger partial charge in [-0.2, -0.15) is 0 Å². The Labute approximate surface area is 44.5 Å². The third kappa shape index (κ3) is 0.515. The zero-order valence-corrected chi connectivity index (χ0v) is 5.02. The summed E-state index contributed by atoms with van der Waals surface area (Å²) >= 11 is 0. The molecule has 0 saturated carbocycles. The maximum atomic E-state index is 3.02. The van der Waals surface area contributed by atoms with Gasteiger partial charge in [0.05, 0.1) is 14.1 Å². The van der Waals surface area contributed by atoms with E-state index in [4.69, 9.17) is 0 Å². The summed E-state index contributed by atoms with van der Waals surface area (Å²) in [5, 5.41) is 0. The predicted molar refractivity (Wildman–Crippen MR) is 29.3 cm³/mol. The molecule has 1 aliphatic heterocycles. The summed E-state index contributed by atoms with van der Waals surface area (Å²) in [5.74, 6) is 3.02. The highest BCUT2D eigenvalue weighted by Crippen LogP contribution is 2.09. The Bertz CT molecular complexity index is 136. The lowest BCUT2D eigenvalue weighted by Gasteiger charge is -2.30. The van der Waals surface area contributed by atoms with E-state index in [1.54, 1.807) is 0 Å². The number of hydrogen-bond donors (Lipinski definition) is 0. The lowest BCUT2D eigenvalue weighted by molar-refractivity contribution is -0.851. The van der Waals surface area contributed by atoms with E-state index in [2.05, 4.69) is 33.0 Å². The molecule has 0 spiro atoms. The first-order chi connectivity index (χ1) is 3.13. The van der Waals surface area contributed by atoms with Gasteiger partial charge in [0.2, 0.25) is 0 Å². The van der Waals surface area contributed by atoms with Gasteiger partial charge in [-0.15, -0.1) is 0 Å². The van der Waals surface area contributed by atoms with Gasteiger partial charge in [0.25, 0.3) is 0 Å². The van der Waals surface area contributed by atoms with E-state index in [0.717, 1.165) is 4.48 Å². The molecule has 7 heavy (non-hydrogen) atoms. The number of quaternary nitrogens is 1. The molecule has 0 aromatic carbocycles. The Morgan fingerprint density at radius 1 is 1.43 bits per heavy atom. The van der Waals surface area contributed by atoms with Crippen LogP contribution in [0.15, 0.2) is 0 Å². The second-order valence-electron chi connectivity index (χ2n) is 2.47. The summed E-state index contributed by atoms with van der Waals surface area (Å²) in [4.78, 5) is 0. The van der Waals surface area contributed by atoms with Gasteiger partial charge >= 0.3 is 0 Å². The molecule has 1 unspecified atom stereocenters. The fourth-order valence-electron chi connectivity index (χ4n) is 0.452. The van der Waals surface area contributed by atoms with E-state index in [-0.39, 0.29) is 0 Å². The first-order valence-corrected chi connectivity index (χ1v) is 2.49. The van der Waals surface area contributed by atoms with E-state index in [0.29, 0.717) is 6.04 Å². The average molecular weight is 96.2 g/mol. The number of rotatable bonds is 0. The van der Waals surface area contributed by atoms with Gasteiger partial charge in [0, 0.05) is 12.8 Å². The fraction of sp³-hybridized carbons (Fsp3) is 0.667. The van der Waals surface area contributed by atoms with E-state index in [1.807, 2.05) is 0 Å². The van der Waals surface area contributed by atoms with Crippen molar-refractivity contribution in [2.24, 2.45) is 0 Å². The largest absolute Gasteiger partial charge is 0.239 e. The van der Waals surface area contributed by atoms with Crippen LogP contribution in [-0.4, -0.2) is 24.6 Å². The van der Waals surface area contributed by atoms with Crippen LogP contribution >= 0.6 is 0 Å². The lowest BCUT2D eigenvalue weighted by Crippen LogP contribution is -2.47. The van der Waals surface area contributed by atoms with Crippen molar-refractivity contribution in [3.63, 3.8) is 0 Å². The van der Waals surface area contributed by atoms with E-state index >= 15 is 0 Å². The van der Waals surface area contributed by atoms with Gasteiger partial charge < -0.3 is 0 Å². The van der Waals surface area contributed by atoms with Crippen LogP contribution in [0, 0.1) is 12.0 Å². The molecule has 38 valence electrons. The third-order valence-electron chi connectivity index (χ3n) is 1.53. The van der Waals surface area contributed by atoms with Crippen molar-refractivity contribution >= 4 is 0 Å². The molecule has 1 heteroatoms. The maximum absolute atomic E-state index is 3.02. The average Bonchev–Trinajstić information content (AvgIpc) is 1.63. The van der Waals surface area contributed by atoms with E-state index < -0.39 is 0 Å². The Kier molecular flexibility index (Phi) is 0.680. The monoisotopic (exact) mass is 96.1 g/mol. The maximum Gasteiger partial charge on any atom is 0.165 e. The van der Waals surface area contributed by atoms with Gasteiger partial charge in [-0.25, -0.2) is 4.48 Å². The molecule has 1 aliphatic rings. The molecular formula is C6H10N+. The quantitative estimate of drug-likeness (QED) is 0.303. The summed E-state index contributed by atoms with van der Waals surface area (Å²) in [6.07, 6.45) is 0. The zero-order valence-electron chi connectivity index (χ0n) is 5.02. The van der Waals surface area contributed by atoms with Crippen LogP contribution in [0.4, 0.5) is 0 Å². The minimum absolute atomic E-state index is 0.556. The molecule has 0 aromatic rings. The van der Waals surface area contributed by atoms with Crippen LogP contribution in [0.3, 0.4) is 0 Å². The van der Waals surface area contributed by atoms with Crippen LogP contribution < -0.4 is 0 Å². The molecule has 1 heterocycles. The SMILES string of the molecule is CC1C#C[N+]1(C)C.